The summed E-state index contributed by atoms with van der Waals surface area (Å²) in [7, 11) is -4.15. The summed E-state index contributed by atoms with van der Waals surface area (Å²) in [6.45, 7) is 4.23. The average molecular weight is 503 g/mol. The van der Waals surface area contributed by atoms with Gasteiger partial charge in [-0.25, -0.2) is 0 Å². The summed E-state index contributed by atoms with van der Waals surface area (Å²) in [5, 5.41) is 0. The number of hydrogen-bond donors (Lipinski definition) is 2. The van der Waals surface area contributed by atoms with Crippen molar-refractivity contribution in [2.75, 3.05) is 0 Å². The van der Waals surface area contributed by atoms with E-state index in [1.54, 1.807) is 12.1 Å². The van der Waals surface area contributed by atoms with Crippen LogP contribution in [0, 0.1) is 13.8 Å². The van der Waals surface area contributed by atoms with Crippen molar-refractivity contribution in [3.63, 3.8) is 0 Å². The van der Waals surface area contributed by atoms with Crippen LogP contribution < -0.4 is 33.9 Å². The number of hydrogen-bond acceptors (Lipinski definition) is 1. The Morgan fingerprint density at radius 3 is 1.70 bits per heavy atom. The molecule has 172 valence electrons. The van der Waals surface area contributed by atoms with Crippen molar-refractivity contribution in [1.29, 1.82) is 0 Å². The molecule has 4 aromatic rings. The second kappa shape index (κ2) is 11.1. The highest BCUT2D eigenvalue weighted by Gasteiger charge is 2.21. The molecule has 0 amide bonds. The van der Waals surface area contributed by atoms with Crippen molar-refractivity contribution in [3.05, 3.63) is 108 Å². The molecule has 0 radical (unpaired) electrons. The van der Waals surface area contributed by atoms with Crippen molar-refractivity contribution in [2.45, 2.75) is 20.0 Å². The molecule has 2 heterocycles. The smallest absolute Gasteiger partial charge is 0.330 e. The fourth-order valence-electron chi connectivity index (χ4n) is 3.88. The van der Waals surface area contributed by atoms with E-state index in [0.29, 0.717) is 5.56 Å². The highest BCUT2D eigenvalue weighted by molar-refractivity contribution is 7.50. The van der Waals surface area contributed by atoms with Gasteiger partial charge in [-0.05, 0) is 25.0 Å². The molecule has 0 fully saturated rings. The van der Waals surface area contributed by atoms with E-state index in [9.17, 15) is 14.4 Å². The van der Waals surface area contributed by atoms with Crippen LogP contribution in [0.15, 0.2) is 91.5 Å². The molecule has 0 aliphatic rings. The summed E-state index contributed by atoms with van der Waals surface area (Å²) in [5.74, 6) is 0. The first-order valence-electron chi connectivity index (χ1n) is 10.0. The monoisotopic (exact) mass is 502 g/mol. The third kappa shape index (κ3) is 6.29. The van der Waals surface area contributed by atoms with E-state index in [1.807, 2.05) is 41.2 Å². The molecule has 2 N–H and O–H groups in total. The molecule has 2 aromatic carbocycles. The third-order valence-corrected chi connectivity index (χ3v) is 6.09. The average Bonchev–Trinajstić information content (AvgIpc) is 2.74. The first-order chi connectivity index (χ1) is 14.8. The number of nitrogens with zero attached hydrogens (tertiary/aromatic N) is 2. The molecule has 0 aliphatic heterocycles. The molecular formula is C25H25Cl2N2O3P. The topological polar surface area (TPSA) is 65.3 Å². The maximum atomic E-state index is 11.5. The first kappa shape index (κ1) is 26.7. The van der Waals surface area contributed by atoms with E-state index in [1.165, 1.54) is 16.8 Å². The fourth-order valence-corrected chi connectivity index (χ4v) is 4.59. The lowest BCUT2D eigenvalue weighted by atomic mass is 10.1. The summed E-state index contributed by atoms with van der Waals surface area (Å²) in [5.41, 5.74) is 7.19. The number of aromatic nitrogens is 2. The standard InChI is InChI=1S/C25H23N2O3P.2ClH/c1-19-6-5-7-20(2)25(19)27-16-12-22(13-17-27)21-10-14-26(15-11-21)24-9-4-3-8-23(24)18-31(28,29)30;;/h3-17H,18H2,1-2H3;2*1H. The predicted molar refractivity (Wildman–Crippen MR) is 120 cm³/mol. The van der Waals surface area contributed by atoms with Gasteiger partial charge in [0, 0.05) is 47.0 Å². The van der Waals surface area contributed by atoms with Crippen LogP contribution in [0.1, 0.15) is 16.7 Å². The molecule has 0 saturated carbocycles. The van der Waals surface area contributed by atoms with E-state index in [0.717, 1.165) is 16.8 Å². The Kier molecular flexibility index (Phi) is 8.96. The quantitative estimate of drug-likeness (QED) is 0.250. The highest BCUT2D eigenvalue weighted by Crippen LogP contribution is 2.39. The van der Waals surface area contributed by atoms with Crippen LogP contribution in [0.4, 0.5) is 0 Å². The summed E-state index contributed by atoms with van der Waals surface area (Å²) in [6.07, 6.45) is 7.69. The fraction of sp³-hybridized carbons (Fsp3) is 0.120. The first-order valence-corrected chi connectivity index (χ1v) is 11.8. The summed E-state index contributed by atoms with van der Waals surface area (Å²) in [4.78, 5) is 18.7. The van der Waals surface area contributed by atoms with Crippen molar-refractivity contribution >= 4 is 7.60 Å². The van der Waals surface area contributed by atoms with Gasteiger partial charge >= 0.3 is 7.60 Å². The summed E-state index contributed by atoms with van der Waals surface area (Å²) >= 11 is 0. The Labute approximate surface area is 206 Å². The molecule has 33 heavy (non-hydrogen) atoms. The summed E-state index contributed by atoms with van der Waals surface area (Å²) < 4.78 is 15.5. The Morgan fingerprint density at radius 1 is 0.697 bits per heavy atom. The van der Waals surface area contributed by atoms with Crippen LogP contribution in [0.5, 0.6) is 0 Å². The molecule has 0 saturated heterocycles. The normalized spacial score (nSPS) is 10.8. The van der Waals surface area contributed by atoms with Gasteiger partial charge in [0.1, 0.15) is 0 Å². The van der Waals surface area contributed by atoms with E-state index in [2.05, 4.69) is 61.1 Å². The minimum Gasteiger partial charge on any atom is -1.00 e. The molecule has 0 unspecified atom stereocenters. The molecule has 8 heteroatoms. The Morgan fingerprint density at radius 2 is 1.18 bits per heavy atom. The maximum Gasteiger partial charge on any atom is 0.330 e. The summed E-state index contributed by atoms with van der Waals surface area (Å²) in [6, 6.07) is 21.8. The third-order valence-electron chi connectivity index (χ3n) is 5.34. The predicted octanol–water partition coefficient (Wildman–Crippen LogP) is -1.79. The molecule has 0 spiro atoms. The van der Waals surface area contributed by atoms with E-state index in [-0.39, 0.29) is 31.0 Å². The van der Waals surface area contributed by atoms with Gasteiger partial charge in [0.15, 0.2) is 24.8 Å². The lowest BCUT2D eigenvalue weighted by molar-refractivity contribution is -0.596. The van der Waals surface area contributed by atoms with Crippen molar-refractivity contribution < 1.29 is 48.3 Å². The second-order valence-corrected chi connectivity index (χ2v) is 9.33. The van der Waals surface area contributed by atoms with Gasteiger partial charge in [-0.15, -0.1) is 0 Å². The zero-order valence-electron chi connectivity index (χ0n) is 18.3. The van der Waals surface area contributed by atoms with Gasteiger partial charge in [0.2, 0.25) is 11.4 Å². The van der Waals surface area contributed by atoms with Crippen LogP contribution in [0.2, 0.25) is 0 Å². The van der Waals surface area contributed by atoms with Gasteiger partial charge < -0.3 is 34.6 Å². The zero-order chi connectivity index (χ0) is 22.0. The second-order valence-electron chi connectivity index (χ2n) is 7.68. The zero-order valence-corrected chi connectivity index (χ0v) is 20.7. The number of rotatable bonds is 5. The highest BCUT2D eigenvalue weighted by atomic mass is 35.5. The minimum absolute atomic E-state index is 0. The van der Waals surface area contributed by atoms with E-state index < -0.39 is 7.60 Å². The molecule has 0 aliphatic carbocycles. The molecule has 5 nitrogen and oxygen atoms in total. The number of aryl methyl sites for hydroxylation is 2. The van der Waals surface area contributed by atoms with E-state index >= 15 is 0 Å². The molecule has 2 aromatic heterocycles. The Balaban J connectivity index is 0.00000193. The van der Waals surface area contributed by atoms with Crippen LogP contribution in [-0.4, -0.2) is 9.79 Å². The Bertz CT molecular complexity index is 1250. The largest absolute Gasteiger partial charge is 1.00 e. The molecule has 0 atom stereocenters. The van der Waals surface area contributed by atoms with Crippen molar-refractivity contribution in [2.24, 2.45) is 0 Å². The van der Waals surface area contributed by atoms with Gasteiger partial charge in [0.05, 0.1) is 6.16 Å². The molecule has 4 rings (SSSR count). The van der Waals surface area contributed by atoms with Crippen LogP contribution in [-0.2, 0) is 10.7 Å². The van der Waals surface area contributed by atoms with Gasteiger partial charge in [-0.2, -0.15) is 9.13 Å². The molecular weight excluding hydrogens is 478 g/mol. The van der Waals surface area contributed by atoms with Gasteiger partial charge in [-0.3, -0.25) is 4.57 Å². The number of pyridine rings is 2. The van der Waals surface area contributed by atoms with E-state index in [4.69, 9.17) is 0 Å². The SMILES string of the molecule is Cc1cccc(C)c1-[n+]1ccc(-c2cc[n+](-c3ccccc3CP(=O)(O)O)cc2)cc1.[Cl-].[Cl-]. The molecule has 0 bridgehead atoms. The minimum atomic E-state index is -4.15. The van der Waals surface area contributed by atoms with Crippen LogP contribution in [0.25, 0.3) is 22.5 Å². The maximum absolute atomic E-state index is 11.5. The Hall–Kier alpha value is -2.53. The van der Waals surface area contributed by atoms with Gasteiger partial charge in [-0.1, -0.05) is 36.4 Å². The van der Waals surface area contributed by atoms with Crippen molar-refractivity contribution in [3.8, 4) is 22.5 Å². The van der Waals surface area contributed by atoms with Crippen LogP contribution in [0.3, 0.4) is 0 Å². The van der Waals surface area contributed by atoms with Gasteiger partial charge in [0.25, 0.3) is 0 Å². The number of halogens is 2. The lowest BCUT2D eigenvalue weighted by Gasteiger charge is -2.07. The van der Waals surface area contributed by atoms with Crippen molar-refractivity contribution in [1.82, 2.24) is 0 Å². The lowest BCUT2D eigenvalue weighted by Crippen LogP contribution is -3.00. The number of benzene rings is 2. The number of para-hydroxylation sites is 2. The van der Waals surface area contributed by atoms with Crippen LogP contribution >= 0.6 is 7.60 Å².